The zero-order chi connectivity index (χ0) is 30.2. The first-order chi connectivity index (χ1) is 19.0. The van der Waals surface area contributed by atoms with Gasteiger partial charge in [0.2, 0.25) is 17.7 Å². The second kappa shape index (κ2) is 18.1. The standard InChI is InChI=1S/C22H37Cl2N9O7/c1-14(2)17(18(25)34)28-19(35)16-7-5-11-31(16)20(36)15(27-22(38)33(30-40)13-9-24)6-3-4-10-26-21(37)32(29-39)12-8-23/h14-17H,3-13H2,1-2H3,(H2,25,34)(H,26,37)(H,27,38)(H,28,35)/t15-,16-,17-/m0/s1. The highest BCUT2D eigenvalue weighted by atomic mass is 35.5. The predicted molar refractivity (Wildman–Crippen MR) is 147 cm³/mol. The summed E-state index contributed by atoms with van der Waals surface area (Å²) in [5.74, 6) is -2.13. The summed E-state index contributed by atoms with van der Waals surface area (Å²) in [5.41, 5.74) is 5.40. The molecule has 0 saturated carbocycles. The van der Waals surface area contributed by atoms with Gasteiger partial charge in [0.05, 0.1) is 23.7 Å². The third-order valence-corrected chi connectivity index (χ3v) is 6.50. The van der Waals surface area contributed by atoms with Crippen LogP contribution in [-0.4, -0.2) is 101 Å². The zero-order valence-corrected chi connectivity index (χ0v) is 24.0. The van der Waals surface area contributed by atoms with Gasteiger partial charge in [0.1, 0.15) is 18.1 Å². The van der Waals surface area contributed by atoms with Gasteiger partial charge >= 0.3 is 12.1 Å². The van der Waals surface area contributed by atoms with Gasteiger partial charge in [-0.1, -0.05) is 13.8 Å². The molecule has 0 aromatic rings. The molecule has 1 heterocycles. The first-order valence-corrected chi connectivity index (χ1v) is 13.9. The Bertz CT molecular complexity index is 912. The Morgan fingerprint density at radius 2 is 1.57 bits per heavy atom. The summed E-state index contributed by atoms with van der Waals surface area (Å²) in [4.78, 5) is 86.0. The van der Waals surface area contributed by atoms with E-state index in [2.05, 4.69) is 26.5 Å². The second-order valence-corrected chi connectivity index (χ2v) is 10.1. The fourth-order valence-corrected chi connectivity index (χ4v) is 4.40. The van der Waals surface area contributed by atoms with E-state index in [4.69, 9.17) is 28.9 Å². The molecule has 1 aliphatic rings. The van der Waals surface area contributed by atoms with Crippen LogP contribution in [-0.2, 0) is 14.4 Å². The van der Waals surface area contributed by atoms with E-state index in [1.54, 1.807) is 13.8 Å². The van der Waals surface area contributed by atoms with E-state index in [0.717, 1.165) is 0 Å². The lowest BCUT2D eigenvalue weighted by molar-refractivity contribution is -0.141. The fourth-order valence-electron chi connectivity index (χ4n) is 4.08. The number of likely N-dealkylation sites (tertiary alicyclic amines) is 1. The maximum atomic E-state index is 13.5. The highest BCUT2D eigenvalue weighted by Gasteiger charge is 2.39. The van der Waals surface area contributed by atoms with E-state index in [0.29, 0.717) is 35.7 Å². The van der Waals surface area contributed by atoms with Gasteiger partial charge in [-0.2, -0.15) is 10.0 Å². The Hall–Kier alpha value is -3.27. The number of nitrogens with one attached hydrogen (secondary N) is 3. The molecular weight excluding hydrogens is 573 g/mol. The van der Waals surface area contributed by atoms with Crippen LogP contribution in [0.4, 0.5) is 9.59 Å². The summed E-state index contributed by atoms with van der Waals surface area (Å²) in [5, 5.41) is 14.0. The lowest BCUT2D eigenvalue weighted by atomic mass is 10.0. The van der Waals surface area contributed by atoms with E-state index in [-0.39, 0.29) is 50.3 Å². The van der Waals surface area contributed by atoms with Gasteiger partial charge in [0, 0.05) is 24.8 Å². The second-order valence-electron chi connectivity index (χ2n) is 9.34. The van der Waals surface area contributed by atoms with Crippen molar-refractivity contribution in [2.24, 2.45) is 22.2 Å². The molecule has 1 rings (SSSR count). The topological polar surface area (TPSA) is 216 Å². The van der Waals surface area contributed by atoms with Crippen LogP contribution in [0.25, 0.3) is 0 Å². The lowest BCUT2D eigenvalue weighted by Crippen LogP contribution is -2.57. The Balaban J connectivity index is 2.94. The van der Waals surface area contributed by atoms with Gasteiger partial charge in [-0.25, -0.2) is 9.59 Å². The van der Waals surface area contributed by atoms with Crippen molar-refractivity contribution in [1.29, 1.82) is 0 Å². The Morgan fingerprint density at radius 1 is 0.975 bits per heavy atom. The van der Waals surface area contributed by atoms with Crippen molar-refractivity contribution in [1.82, 2.24) is 30.9 Å². The van der Waals surface area contributed by atoms with Gasteiger partial charge < -0.3 is 26.6 Å². The highest BCUT2D eigenvalue weighted by Crippen LogP contribution is 2.21. The maximum Gasteiger partial charge on any atom is 0.341 e. The van der Waals surface area contributed by atoms with Gasteiger partial charge in [-0.3, -0.25) is 14.4 Å². The number of carbonyl (C=O) groups is 5. The van der Waals surface area contributed by atoms with Gasteiger partial charge in [-0.05, 0) is 38.0 Å². The van der Waals surface area contributed by atoms with Crippen LogP contribution in [0.2, 0.25) is 0 Å². The van der Waals surface area contributed by atoms with Crippen molar-refractivity contribution >= 4 is 53.0 Å². The third kappa shape index (κ3) is 10.7. The van der Waals surface area contributed by atoms with E-state index < -0.39 is 47.9 Å². The van der Waals surface area contributed by atoms with Crippen molar-refractivity contribution in [3.05, 3.63) is 9.81 Å². The minimum atomic E-state index is -1.14. The molecule has 0 aliphatic carbocycles. The molecule has 1 aliphatic heterocycles. The molecule has 0 unspecified atom stereocenters. The molecule has 226 valence electrons. The summed E-state index contributed by atoms with van der Waals surface area (Å²) in [6, 6.07) is -4.62. The smallest absolute Gasteiger partial charge is 0.341 e. The number of nitrogens with zero attached hydrogens (tertiary/aromatic N) is 5. The third-order valence-electron chi connectivity index (χ3n) is 6.16. The van der Waals surface area contributed by atoms with Crippen molar-refractivity contribution in [2.45, 2.75) is 64.1 Å². The summed E-state index contributed by atoms with van der Waals surface area (Å²) in [6.45, 7) is 3.56. The number of rotatable bonds is 17. The van der Waals surface area contributed by atoms with Crippen LogP contribution in [0.3, 0.4) is 0 Å². The monoisotopic (exact) mass is 609 g/mol. The van der Waals surface area contributed by atoms with Crippen LogP contribution < -0.4 is 21.7 Å². The molecule has 5 N–H and O–H groups in total. The largest absolute Gasteiger partial charge is 0.368 e. The van der Waals surface area contributed by atoms with E-state index in [1.165, 1.54) is 4.90 Å². The van der Waals surface area contributed by atoms with Crippen LogP contribution in [0, 0.1) is 15.7 Å². The minimum Gasteiger partial charge on any atom is -0.368 e. The molecule has 0 aromatic heterocycles. The summed E-state index contributed by atoms with van der Waals surface area (Å²) in [6.07, 6.45) is 1.62. The van der Waals surface area contributed by atoms with Crippen molar-refractivity contribution in [2.75, 3.05) is 37.9 Å². The molecule has 1 saturated heterocycles. The molecule has 0 bridgehead atoms. The number of urea groups is 2. The Morgan fingerprint density at radius 3 is 2.10 bits per heavy atom. The van der Waals surface area contributed by atoms with Crippen molar-refractivity contribution in [3.8, 4) is 0 Å². The predicted octanol–water partition coefficient (Wildman–Crippen LogP) is 1.01. The number of alkyl halides is 2. The molecule has 3 atom stereocenters. The Kier molecular flexibility index (Phi) is 15.8. The molecule has 1 fully saturated rings. The van der Waals surface area contributed by atoms with Crippen LogP contribution in [0.15, 0.2) is 10.6 Å². The van der Waals surface area contributed by atoms with E-state index in [9.17, 15) is 33.8 Å². The molecular formula is C22H37Cl2N9O7. The Labute approximate surface area is 241 Å². The average Bonchev–Trinajstić information content (AvgIpc) is 3.41. The van der Waals surface area contributed by atoms with Crippen molar-refractivity contribution < 1.29 is 24.0 Å². The number of nitroso groups, excluding NO2 is 2. The molecule has 0 radical (unpaired) electrons. The molecule has 18 heteroatoms. The normalized spacial score (nSPS) is 16.0. The van der Waals surface area contributed by atoms with Crippen LogP contribution in [0.5, 0.6) is 0 Å². The number of unbranched alkanes of at least 4 members (excludes halogenated alkanes) is 1. The number of halogens is 2. The van der Waals surface area contributed by atoms with Crippen LogP contribution in [0.1, 0.15) is 46.0 Å². The van der Waals surface area contributed by atoms with Gasteiger partial charge in [0.15, 0.2) is 0 Å². The number of primary amides is 1. The zero-order valence-electron chi connectivity index (χ0n) is 22.5. The summed E-state index contributed by atoms with van der Waals surface area (Å²) < 4.78 is 0. The maximum absolute atomic E-state index is 13.5. The van der Waals surface area contributed by atoms with Gasteiger partial charge in [0.25, 0.3) is 0 Å². The average molecular weight is 611 g/mol. The number of hydrogen-bond donors (Lipinski definition) is 4. The quantitative estimate of drug-likeness (QED) is 0.0810. The van der Waals surface area contributed by atoms with Crippen molar-refractivity contribution in [3.63, 3.8) is 0 Å². The number of nitrogens with two attached hydrogens (primary N) is 1. The summed E-state index contributed by atoms with van der Waals surface area (Å²) >= 11 is 11.1. The molecule has 0 aromatic carbocycles. The minimum absolute atomic E-state index is 0.0230. The highest BCUT2D eigenvalue weighted by molar-refractivity contribution is 6.18. The molecule has 16 nitrogen and oxygen atoms in total. The number of hydrogen-bond acceptors (Lipinski definition) is 9. The fraction of sp³-hybridized carbons (Fsp3) is 0.773. The summed E-state index contributed by atoms with van der Waals surface area (Å²) in [7, 11) is 0. The SMILES string of the molecule is CC(C)[C@H](NC(=O)[C@@H]1CCCN1C(=O)[C@H](CCCCNC(=O)N(CCCl)N=O)NC(=O)N(CCCl)N=O)C(N)=O. The molecule has 40 heavy (non-hydrogen) atoms. The lowest BCUT2D eigenvalue weighted by Gasteiger charge is -2.30. The first-order valence-electron chi connectivity index (χ1n) is 12.8. The number of amides is 7. The van der Waals surface area contributed by atoms with E-state index >= 15 is 0 Å². The molecule has 0 spiro atoms. The van der Waals surface area contributed by atoms with Gasteiger partial charge in [-0.15, -0.1) is 33.0 Å². The molecule has 7 amide bonds. The van der Waals surface area contributed by atoms with E-state index in [1.807, 2.05) is 0 Å². The first kappa shape index (κ1) is 34.8. The number of carbonyl (C=O) groups excluding carboxylic acids is 5. The van der Waals surface area contributed by atoms with Crippen LogP contribution >= 0.6 is 23.2 Å².